The summed E-state index contributed by atoms with van der Waals surface area (Å²) in [4.78, 5) is 14.1. The van der Waals surface area contributed by atoms with Gasteiger partial charge in [0.05, 0.1) is 0 Å². The van der Waals surface area contributed by atoms with Gasteiger partial charge in [-0.05, 0) is 60.7 Å². The number of carbonyl (C=O) groups excluding carboxylic acids is 1. The minimum absolute atomic E-state index is 0.0113. The van der Waals surface area contributed by atoms with E-state index in [1.165, 1.54) is 4.88 Å². The molecule has 0 saturated heterocycles. The molecule has 32 heavy (non-hydrogen) atoms. The molecule has 2 aromatic heterocycles. The van der Waals surface area contributed by atoms with Gasteiger partial charge >= 0.3 is 0 Å². The summed E-state index contributed by atoms with van der Waals surface area (Å²) < 4.78 is 11.8. The zero-order valence-electron chi connectivity index (χ0n) is 18.1. The maximum Gasteiger partial charge on any atom is 0.255 e. The van der Waals surface area contributed by atoms with Gasteiger partial charge in [-0.3, -0.25) is 4.79 Å². The summed E-state index contributed by atoms with van der Waals surface area (Å²) in [5.74, 6) is 1.38. The lowest BCUT2D eigenvalue weighted by molar-refractivity contribution is 0.102. The van der Waals surface area contributed by atoms with E-state index >= 15 is 0 Å². The molecule has 0 aliphatic rings. The number of benzene rings is 2. The van der Waals surface area contributed by atoms with Gasteiger partial charge in [-0.1, -0.05) is 31.5 Å². The van der Waals surface area contributed by atoms with Gasteiger partial charge in [-0.25, -0.2) is 0 Å². The van der Waals surface area contributed by atoms with Crippen molar-refractivity contribution in [2.24, 2.45) is 0 Å². The summed E-state index contributed by atoms with van der Waals surface area (Å²) in [7, 11) is 0. The molecule has 4 aromatic rings. The van der Waals surface area contributed by atoms with Crippen LogP contribution in [0.25, 0.3) is 11.5 Å². The van der Waals surface area contributed by atoms with Crippen molar-refractivity contribution < 1.29 is 13.9 Å². The van der Waals surface area contributed by atoms with Crippen LogP contribution in [0, 0.1) is 6.92 Å². The summed E-state index contributed by atoms with van der Waals surface area (Å²) in [6.07, 6.45) is 3.12. The number of aryl methyl sites for hydroxylation is 1. The minimum Gasteiger partial charge on any atom is -0.485 e. The molecule has 1 unspecified atom stereocenters. The predicted octanol–water partition coefficient (Wildman–Crippen LogP) is 6.67. The van der Waals surface area contributed by atoms with Gasteiger partial charge in [0.25, 0.3) is 5.91 Å². The van der Waals surface area contributed by atoms with Crippen LogP contribution in [-0.4, -0.2) is 16.1 Å². The summed E-state index contributed by atoms with van der Waals surface area (Å²) in [6.45, 7) is 3.91. The van der Waals surface area contributed by atoms with Crippen molar-refractivity contribution in [2.75, 3.05) is 5.32 Å². The van der Waals surface area contributed by atoms with Crippen molar-refractivity contribution in [3.63, 3.8) is 0 Å². The van der Waals surface area contributed by atoms with E-state index in [0.717, 1.165) is 24.8 Å². The van der Waals surface area contributed by atoms with Crippen LogP contribution in [0.4, 0.5) is 5.69 Å². The standard InChI is InChI=1S/C25H25N3O3S/c1-3-4-12-22(23-13-7-14-32-23)31-21-11-6-8-18(16-21)24(29)26-20-10-5-9-19(15-20)25-28-27-17(2)30-25/h5-11,13-16,22H,3-4,12H2,1-2H3,(H,26,29). The molecule has 7 heteroatoms. The normalized spacial score (nSPS) is 11.8. The van der Waals surface area contributed by atoms with Gasteiger partial charge in [0.15, 0.2) is 0 Å². The molecular formula is C25H25N3O3S. The average molecular weight is 448 g/mol. The number of unbranched alkanes of at least 4 members (excludes halogenated alkanes) is 1. The smallest absolute Gasteiger partial charge is 0.255 e. The molecule has 164 valence electrons. The monoisotopic (exact) mass is 447 g/mol. The summed E-state index contributed by atoms with van der Waals surface area (Å²) >= 11 is 1.69. The Hall–Kier alpha value is -3.45. The van der Waals surface area contributed by atoms with Gasteiger partial charge in [-0.2, -0.15) is 0 Å². The maximum absolute atomic E-state index is 12.9. The van der Waals surface area contributed by atoms with Crippen LogP contribution in [-0.2, 0) is 0 Å². The highest BCUT2D eigenvalue weighted by Gasteiger charge is 2.16. The minimum atomic E-state index is -0.212. The summed E-state index contributed by atoms with van der Waals surface area (Å²) in [5.41, 5.74) is 1.92. The van der Waals surface area contributed by atoms with Crippen molar-refractivity contribution in [3.8, 4) is 17.2 Å². The van der Waals surface area contributed by atoms with Gasteiger partial charge in [0.2, 0.25) is 11.8 Å². The van der Waals surface area contributed by atoms with Crippen LogP contribution in [0.5, 0.6) is 5.75 Å². The molecule has 6 nitrogen and oxygen atoms in total. The fraction of sp³-hybridized carbons (Fsp3) is 0.240. The molecule has 0 fully saturated rings. The van der Waals surface area contributed by atoms with Crippen molar-refractivity contribution in [2.45, 2.75) is 39.2 Å². The first-order chi connectivity index (χ1) is 15.6. The summed E-state index contributed by atoms with van der Waals surface area (Å²) in [6, 6.07) is 18.8. The second-order valence-electron chi connectivity index (χ2n) is 7.45. The fourth-order valence-corrected chi connectivity index (χ4v) is 4.13. The van der Waals surface area contributed by atoms with E-state index in [9.17, 15) is 4.79 Å². The zero-order chi connectivity index (χ0) is 22.3. The third kappa shape index (κ3) is 5.42. The highest BCUT2D eigenvalue weighted by molar-refractivity contribution is 7.10. The van der Waals surface area contributed by atoms with Crippen molar-refractivity contribution in [3.05, 3.63) is 82.4 Å². The quantitative estimate of drug-likeness (QED) is 0.310. The number of anilines is 1. The van der Waals surface area contributed by atoms with E-state index in [1.54, 1.807) is 30.4 Å². The number of amides is 1. The number of carbonyl (C=O) groups is 1. The molecule has 4 rings (SSSR count). The second kappa shape index (κ2) is 10.2. The number of nitrogens with zero attached hydrogens (tertiary/aromatic N) is 2. The molecule has 1 atom stereocenters. The molecule has 0 aliphatic carbocycles. The molecule has 2 heterocycles. The Morgan fingerprint density at radius 2 is 2.00 bits per heavy atom. The number of nitrogens with one attached hydrogen (secondary N) is 1. The molecule has 0 aliphatic heterocycles. The molecule has 1 amide bonds. The van der Waals surface area contributed by atoms with E-state index < -0.39 is 0 Å². The molecule has 0 spiro atoms. The average Bonchev–Trinajstić information content (AvgIpc) is 3.49. The first-order valence-electron chi connectivity index (χ1n) is 10.6. The SMILES string of the molecule is CCCCC(Oc1cccc(C(=O)Nc2cccc(-c3nnc(C)o3)c2)c1)c1cccs1. The van der Waals surface area contributed by atoms with E-state index in [2.05, 4.69) is 33.9 Å². The van der Waals surface area contributed by atoms with Crippen LogP contribution in [0.2, 0.25) is 0 Å². The Balaban J connectivity index is 1.47. The predicted molar refractivity (Wildman–Crippen MR) is 126 cm³/mol. The van der Waals surface area contributed by atoms with E-state index in [0.29, 0.717) is 28.8 Å². The number of thiophene rings is 1. The van der Waals surface area contributed by atoms with Gasteiger partial charge in [0, 0.05) is 28.6 Å². The topological polar surface area (TPSA) is 77.2 Å². The third-order valence-corrected chi connectivity index (χ3v) is 5.91. The van der Waals surface area contributed by atoms with Crippen LogP contribution in [0.3, 0.4) is 0 Å². The van der Waals surface area contributed by atoms with E-state index in [-0.39, 0.29) is 12.0 Å². The Bertz CT molecular complexity index is 1170. The summed E-state index contributed by atoms with van der Waals surface area (Å²) in [5, 5.41) is 12.9. The van der Waals surface area contributed by atoms with Gasteiger partial charge in [-0.15, -0.1) is 21.5 Å². The number of hydrogen-bond donors (Lipinski definition) is 1. The van der Waals surface area contributed by atoms with Crippen LogP contribution < -0.4 is 10.1 Å². The number of ether oxygens (including phenoxy) is 1. The number of hydrogen-bond acceptors (Lipinski definition) is 6. The third-order valence-electron chi connectivity index (χ3n) is 4.95. The lowest BCUT2D eigenvalue weighted by atomic mass is 10.1. The molecule has 0 bridgehead atoms. The van der Waals surface area contributed by atoms with Crippen LogP contribution in [0.1, 0.15) is 53.4 Å². The molecule has 0 radical (unpaired) electrons. The zero-order valence-corrected chi connectivity index (χ0v) is 18.9. The van der Waals surface area contributed by atoms with Gasteiger partial charge < -0.3 is 14.5 Å². The largest absolute Gasteiger partial charge is 0.485 e. The fourth-order valence-electron chi connectivity index (χ4n) is 3.34. The van der Waals surface area contributed by atoms with Crippen molar-refractivity contribution in [1.29, 1.82) is 0 Å². The molecular weight excluding hydrogens is 422 g/mol. The van der Waals surface area contributed by atoms with Crippen LogP contribution in [0.15, 0.2) is 70.5 Å². The molecule has 0 saturated carbocycles. The maximum atomic E-state index is 12.9. The van der Waals surface area contributed by atoms with Crippen LogP contribution >= 0.6 is 11.3 Å². The number of aromatic nitrogens is 2. The van der Waals surface area contributed by atoms with Crippen molar-refractivity contribution >= 4 is 22.9 Å². The molecule has 2 aromatic carbocycles. The second-order valence-corrected chi connectivity index (χ2v) is 8.43. The Morgan fingerprint density at radius 3 is 2.75 bits per heavy atom. The Labute approximate surface area is 191 Å². The lowest BCUT2D eigenvalue weighted by Crippen LogP contribution is -2.12. The van der Waals surface area contributed by atoms with E-state index in [1.807, 2.05) is 42.5 Å². The Kier molecular flexibility index (Phi) is 6.97. The highest BCUT2D eigenvalue weighted by atomic mass is 32.1. The van der Waals surface area contributed by atoms with E-state index in [4.69, 9.17) is 9.15 Å². The first-order valence-corrected chi connectivity index (χ1v) is 11.5. The Morgan fingerprint density at radius 1 is 1.12 bits per heavy atom. The van der Waals surface area contributed by atoms with Crippen molar-refractivity contribution in [1.82, 2.24) is 10.2 Å². The lowest BCUT2D eigenvalue weighted by Gasteiger charge is -2.18. The highest BCUT2D eigenvalue weighted by Crippen LogP contribution is 2.30. The number of rotatable bonds is 9. The first kappa shape index (κ1) is 21.8. The molecule has 1 N–H and O–H groups in total. The van der Waals surface area contributed by atoms with Gasteiger partial charge in [0.1, 0.15) is 11.9 Å².